The minimum absolute atomic E-state index is 0.0556. The van der Waals surface area contributed by atoms with Crippen LogP contribution < -0.4 is 5.56 Å². The molecule has 0 aliphatic carbocycles. The first kappa shape index (κ1) is 14.0. The van der Waals surface area contributed by atoms with E-state index in [4.69, 9.17) is 0 Å². The van der Waals surface area contributed by atoms with Gasteiger partial charge in [0.05, 0.1) is 5.56 Å². The van der Waals surface area contributed by atoms with Gasteiger partial charge in [0.15, 0.2) is 0 Å². The predicted molar refractivity (Wildman–Crippen MR) is 89.6 cm³/mol. The maximum atomic E-state index is 12.8. The van der Waals surface area contributed by atoms with E-state index < -0.39 is 0 Å². The van der Waals surface area contributed by atoms with Gasteiger partial charge in [-0.1, -0.05) is 66.7 Å². The molecule has 0 fully saturated rings. The second-order valence-corrected chi connectivity index (χ2v) is 4.93. The van der Waals surface area contributed by atoms with Gasteiger partial charge in [-0.05, 0) is 5.56 Å². The molecule has 0 N–H and O–H groups in total. The van der Waals surface area contributed by atoms with Crippen LogP contribution in [0.15, 0.2) is 84.3 Å². The number of allylic oxidation sites excluding steroid dienone is 1. The molecule has 0 spiro atoms. The van der Waals surface area contributed by atoms with Crippen LogP contribution in [0.5, 0.6) is 0 Å². The summed E-state index contributed by atoms with van der Waals surface area (Å²) in [7, 11) is 0. The zero-order valence-corrected chi connectivity index (χ0v) is 12.1. The average Bonchev–Trinajstić information content (AvgIpc) is 2.58. The van der Waals surface area contributed by atoms with E-state index in [0.29, 0.717) is 17.9 Å². The lowest BCUT2D eigenvalue weighted by Crippen LogP contribution is -2.24. The summed E-state index contributed by atoms with van der Waals surface area (Å²) in [4.78, 5) is 17.3. The third-order valence-electron chi connectivity index (χ3n) is 3.48. The van der Waals surface area contributed by atoms with Crippen molar-refractivity contribution in [2.24, 2.45) is 0 Å². The molecule has 1 heterocycles. The molecular formula is C19H16N2O. The molecule has 0 saturated heterocycles. The summed E-state index contributed by atoms with van der Waals surface area (Å²) in [5.74, 6) is 0.658. The van der Waals surface area contributed by atoms with Gasteiger partial charge in [-0.15, -0.1) is 6.58 Å². The zero-order valence-electron chi connectivity index (χ0n) is 12.1. The first-order valence-corrected chi connectivity index (χ1v) is 7.13. The van der Waals surface area contributed by atoms with Crippen molar-refractivity contribution in [2.75, 3.05) is 0 Å². The lowest BCUT2D eigenvalue weighted by molar-refractivity contribution is 0.769. The van der Waals surface area contributed by atoms with E-state index in [1.165, 1.54) is 0 Å². The molecule has 0 amide bonds. The van der Waals surface area contributed by atoms with Crippen LogP contribution >= 0.6 is 0 Å². The fraction of sp³-hybridized carbons (Fsp3) is 0.0526. The molecular weight excluding hydrogens is 272 g/mol. The number of aromatic nitrogens is 2. The van der Waals surface area contributed by atoms with Gasteiger partial charge in [-0.2, -0.15) is 0 Å². The summed E-state index contributed by atoms with van der Waals surface area (Å²) < 4.78 is 1.66. The van der Waals surface area contributed by atoms with E-state index >= 15 is 0 Å². The van der Waals surface area contributed by atoms with Gasteiger partial charge < -0.3 is 0 Å². The van der Waals surface area contributed by atoms with Gasteiger partial charge in [0.25, 0.3) is 5.56 Å². The van der Waals surface area contributed by atoms with Crippen molar-refractivity contribution in [3.63, 3.8) is 0 Å². The van der Waals surface area contributed by atoms with Crippen molar-refractivity contribution in [1.82, 2.24) is 9.55 Å². The van der Waals surface area contributed by atoms with E-state index in [1.807, 2.05) is 60.7 Å². The highest BCUT2D eigenvalue weighted by Crippen LogP contribution is 2.19. The maximum absolute atomic E-state index is 12.8. The van der Waals surface area contributed by atoms with Crippen LogP contribution in [0.1, 0.15) is 0 Å². The fourth-order valence-electron chi connectivity index (χ4n) is 2.42. The largest absolute Gasteiger partial charge is 0.288 e. The molecule has 0 aliphatic rings. The first-order chi connectivity index (χ1) is 10.8. The standard InChI is InChI=1S/C19H16N2O/c1-2-13-21-18(16-11-7-4-8-12-16)20-14-17(19(21)22)15-9-5-3-6-10-15/h2-12,14H,1,13H2. The fourth-order valence-corrected chi connectivity index (χ4v) is 2.42. The Morgan fingerprint density at radius 1 is 0.955 bits per heavy atom. The molecule has 0 radical (unpaired) electrons. The van der Waals surface area contributed by atoms with Crippen molar-refractivity contribution in [3.05, 3.63) is 89.9 Å². The van der Waals surface area contributed by atoms with E-state index in [-0.39, 0.29) is 5.56 Å². The van der Waals surface area contributed by atoms with Gasteiger partial charge in [-0.3, -0.25) is 9.36 Å². The Morgan fingerprint density at radius 2 is 1.55 bits per heavy atom. The Morgan fingerprint density at radius 3 is 2.14 bits per heavy atom. The Hall–Kier alpha value is -2.94. The van der Waals surface area contributed by atoms with Crippen molar-refractivity contribution < 1.29 is 0 Å². The molecule has 3 rings (SSSR count). The summed E-state index contributed by atoms with van der Waals surface area (Å²) in [6.45, 7) is 4.17. The number of nitrogens with zero attached hydrogens (tertiary/aromatic N) is 2. The quantitative estimate of drug-likeness (QED) is 0.685. The highest BCUT2D eigenvalue weighted by atomic mass is 16.1. The van der Waals surface area contributed by atoms with Crippen LogP contribution in [0.4, 0.5) is 0 Å². The number of hydrogen-bond donors (Lipinski definition) is 0. The van der Waals surface area contributed by atoms with Crippen LogP contribution in [0.2, 0.25) is 0 Å². The second kappa shape index (κ2) is 6.22. The van der Waals surface area contributed by atoms with Crippen molar-refractivity contribution in [2.45, 2.75) is 6.54 Å². The molecule has 3 aromatic rings. The second-order valence-electron chi connectivity index (χ2n) is 4.93. The average molecular weight is 288 g/mol. The molecule has 108 valence electrons. The lowest BCUT2D eigenvalue weighted by Gasteiger charge is -2.12. The van der Waals surface area contributed by atoms with E-state index in [1.54, 1.807) is 16.8 Å². The van der Waals surface area contributed by atoms with Crippen molar-refractivity contribution in [3.8, 4) is 22.5 Å². The molecule has 3 nitrogen and oxygen atoms in total. The Balaban J connectivity index is 2.21. The third-order valence-corrected chi connectivity index (χ3v) is 3.48. The summed E-state index contributed by atoms with van der Waals surface area (Å²) in [6.07, 6.45) is 3.36. The molecule has 0 atom stereocenters. The smallest absolute Gasteiger partial charge is 0.261 e. The maximum Gasteiger partial charge on any atom is 0.261 e. The summed E-state index contributed by atoms with van der Waals surface area (Å²) in [6, 6.07) is 19.3. The Labute approximate surface area is 129 Å². The highest BCUT2D eigenvalue weighted by molar-refractivity contribution is 5.64. The lowest BCUT2D eigenvalue weighted by atomic mass is 10.1. The zero-order chi connectivity index (χ0) is 15.4. The highest BCUT2D eigenvalue weighted by Gasteiger charge is 2.12. The topological polar surface area (TPSA) is 34.9 Å². The van der Waals surface area contributed by atoms with Gasteiger partial charge in [-0.25, -0.2) is 4.98 Å². The summed E-state index contributed by atoms with van der Waals surface area (Å²) in [5.41, 5.74) is 2.33. The van der Waals surface area contributed by atoms with E-state index in [9.17, 15) is 4.79 Å². The molecule has 0 bridgehead atoms. The minimum Gasteiger partial charge on any atom is -0.288 e. The molecule has 3 heteroatoms. The predicted octanol–water partition coefficient (Wildman–Crippen LogP) is 3.76. The van der Waals surface area contributed by atoms with Gasteiger partial charge in [0.1, 0.15) is 5.82 Å². The van der Waals surface area contributed by atoms with Crippen LogP contribution in [-0.4, -0.2) is 9.55 Å². The molecule has 22 heavy (non-hydrogen) atoms. The van der Waals surface area contributed by atoms with Crippen LogP contribution in [0.3, 0.4) is 0 Å². The first-order valence-electron chi connectivity index (χ1n) is 7.13. The molecule has 1 aromatic heterocycles. The summed E-state index contributed by atoms with van der Waals surface area (Å²) in [5, 5.41) is 0. The van der Waals surface area contributed by atoms with Gasteiger partial charge in [0.2, 0.25) is 0 Å². The van der Waals surface area contributed by atoms with Crippen molar-refractivity contribution >= 4 is 0 Å². The van der Waals surface area contributed by atoms with Gasteiger partial charge >= 0.3 is 0 Å². The number of hydrogen-bond acceptors (Lipinski definition) is 2. The van der Waals surface area contributed by atoms with E-state index in [2.05, 4.69) is 11.6 Å². The SMILES string of the molecule is C=CCn1c(-c2ccccc2)ncc(-c2ccccc2)c1=O. The minimum atomic E-state index is -0.0556. The Kier molecular flexibility index (Phi) is 3.97. The molecule has 2 aromatic carbocycles. The number of rotatable bonds is 4. The van der Waals surface area contributed by atoms with Crippen molar-refractivity contribution in [1.29, 1.82) is 0 Å². The van der Waals surface area contributed by atoms with Crippen LogP contribution in [-0.2, 0) is 6.54 Å². The van der Waals surface area contributed by atoms with Gasteiger partial charge in [0, 0.05) is 18.3 Å². The monoisotopic (exact) mass is 288 g/mol. The van der Waals surface area contributed by atoms with Crippen LogP contribution in [0, 0.1) is 0 Å². The molecule has 0 aliphatic heterocycles. The van der Waals surface area contributed by atoms with Crippen LogP contribution in [0.25, 0.3) is 22.5 Å². The number of benzene rings is 2. The normalized spacial score (nSPS) is 10.4. The Bertz CT molecular complexity index is 836. The summed E-state index contributed by atoms with van der Waals surface area (Å²) >= 11 is 0. The molecule has 0 saturated carbocycles. The van der Waals surface area contributed by atoms with E-state index in [0.717, 1.165) is 11.1 Å². The molecule has 0 unspecified atom stereocenters. The third kappa shape index (κ3) is 2.61.